The summed E-state index contributed by atoms with van der Waals surface area (Å²) in [5.41, 5.74) is 0.341. The van der Waals surface area contributed by atoms with E-state index in [0.717, 1.165) is 24.9 Å². The molecule has 1 fully saturated rings. The zero-order chi connectivity index (χ0) is 17.0. The first kappa shape index (κ1) is 18.2. The molecule has 1 atom stereocenters. The summed E-state index contributed by atoms with van der Waals surface area (Å²) in [4.78, 5) is 22.0. The first-order chi connectivity index (χ1) is 10.7. The fraction of sp³-hybridized carbons (Fsp3) is 0.667. The van der Waals surface area contributed by atoms with Gasteiger partial charge in [-0.2, -0.15) is 0 Å². The number of amides is 1. The molecule has 1 N–H and O–H groups in total. The number of likely N-dealkylation sites (tertiary alicyclic amines) is 1. The number of halogens is 2. The maximum absolute atomic E-state index is 11.8. The zero-order valence-corrected chi connectivity index (χ0v) is 15.1. The molecule has 1 aliphatic heterocycles. The van der Waals surface area contributed by atoms with Crippen molar-refractivity contribution in [1.82, 2.24) is 20.2 Å². The van der Waals surface area contributed by atoms with Crippen molar-refractivity contribution in [2.75, 3.05) is 13.1 Å². The maximum atomic E-state index is 11.8. The fourth-order valence-corrected chi connectivity index (χ4v) is 2.91. The normalized spacial score (nSPS) is 18.9. The number of hydrogen-bond acceptors (Lipinski definition) is 5. The predicted molar refractivity (Wildman–Crippen MR) is 89.7 cm³/mol. The zero-order valence-electron chi connectivity index (χ0n) is 13.6. The lowest BCUT2D eigenvalue weighted by Crippen LogP contribution is -2.41. The van der Waals surface area contributed by atoms with E-state index in [1.165, 1.54) is 0 Å². The van der Waals surface area contributed by atoms with Crippen LogP contribution in [0.3, 0.4) is 0 Å². The van der Waals surface area contributed by atoms with Crippen molar-refractivity contribution in [2.45, 2.75) is 51.8 Å². The van der Waals surface area contributed by atoms with Crippen LogP contribution >= 0.6 is 23.2 Å². The molecule has 128 valence electrons. The lowest BCUT2D eigenvalue weighted by atomic mass is 10.2. The summed E-state index contributed by atoms with van der Waals surface area (Å²) in [6.45, 7) is 7.65. The van der Waals surface area contributed by atoms with Crippen LogP contribution in [0.5, 0.6) is 0 Å². The van der Waals surface area contributed by atoms with Gasteiger partial charge < -0.3 is 10.1 Å². The number of carbonyl (C=O) groups is 1. The molecular formula is C15H22Cl2N4O2. The standard InChI is InChI=1S/C15H22Cl2N4O2/c1-15(2,3)23-14(22)19-8-11-5-4-6-21(11)9-10-7-18-13(17)20-12(10)16/h7,11H,4-6,8-9H2,1-3H3,(H,19,22)/t11-/m0/s1. The average molecular weight is 361 g/mol. The van der Waals surface area contributed by atoms with Crippen molar-refractivity contribution in [2.24, 2.45) is 0 Å². The van der Waals surface area contributed by atoms with Gasteiger partial charge in [0.25, 0.3) is 0 Å². The van der Waals surface area contributed by atoms with Crippen molar-refractivity contribution < 1.29 is 9.53 Å². The van der Waals surface area contributed by atoms with Crippen LogP contribution in [0.1, 0.15) is 39.2 Å². The van der Waals surface area contributed by atoms with Gasteiger partial charge in [0.2, 0.25) is 5.28 Å². The molecule has 0 aromatic carbocycles. The van der Waals surface area contributed by atoms with Gasteiger partial charge in [0.1, 0.15) is 10.8 Å². The molecule has 6 nitrogen and oxygen atoms in total. The van der Waals surface area contributed by atoms with Crippen molar-refractivity contribution >= 4 is 29.3 Å². The first-order valence-corrected chi connectivity index (χ1v) is 8.38. The van der Waals surface area contributed by atoms with E-state index >= 15 is 0 Å². The number of alkyl carbamates (subject to hydrolysis) is 1. The highest BCUT2D eigenvalue weighted by Crippen LogP contribution is 2.23. The summed E-state index contributed by atoms with van der Waals surface area (Å²) in [6, 6.07) is 0.245. The maximum Gasteiger partial charge on any atom is 0.407 e. The van der Waals surface area contributed by atoms with E-state index in [1.807, 2.05) is 20.8 Å². The Labute approximate surface area is 146 Å². The average Bonchev–Trinajstić information content (AvgIpc) is 2.85. The van der Waals surface area contributed by atoms with E-state index in [9.17, 15) is 4.79 Å². The van der Waals surface area contributed by atoms with Gasteiger partial charge in [0.05, 0.1) is 0 Å². The van der Waals surface area contributed by atoms with E-state index in [4.69, 9.17) is 27.9 Å². The summed E-state index contributed by atoms with van der Waals surface area (Å²) in [7, 11) is 0. The SMILES string of the molecule is CC(C)(C)OC(=O)NC[C@@H]1CCCN1Cc1cnc(Cl)nc1Cl. The number of aromatic nitrogens is 2. The summed E-state index contributed by atoms with van der Waals surface area (Å²) in [5.74, 6) is 0. The molecule has 23 heavy (non-hydrogen) atoms. The van der Waals surface area contributed by atoms with Gasteiger partial charge >= 0.3 is 6.09 Å². The third kappa shape index (κ3) is 5.79. The molecule has 0 unspecified atom stereocenters. The number of rotatable bonds is 4. The second-order valence-corrected chi connectivity index (χ2v) is 7.30. The number of ether oxygens (including phenoxy) is 1. The van der Waals surface area contributed by atoms with Crippen LogP contribution in [-0.2, 0) is 11.3 Å². The Morgan fingerprint density at radius 3 is 2.87 bits per heavy atom. The second-order valence-electron chi connectivity index (χ2n) is 6.60. The van der Waals surface area contributed by atoms with Crippen molar-refractivity contribution in [1.29, 1.82) is 0 Å². The lowest BCUT2D eigenvalue weighted by Gasteiger charge is -2.26. The summed E-state index contributed by atoms with van der Waals surface area (Å²) >= 11 is 11.8. The molecule has 0 spiro atoms. The quantitative estimate of drug-likeness (QED) is 0.659. The smallest absolute Gasteiger partial charge is 0.407 e. The van der Waals surface area contributed by atoms with Crippen LogP contribution in [-0.4, -0.2) is 45.7 Å². The largest absolute Gasteiger partial charge is 0.444 e. The van der Waals surface area contributed by atoms with Crippen molar-refractivity contribution in [3.05, 3.63) is 22.2 Å². The van der Waals surface area contributed by atoms with Crippen LogP contribution < -0.4 is 5.32 Å². The van der Waals surface area contributed by atoms with Crippen LogP contribution in [0.2, 0.25) is 10.4 Å². The predicted octanol–water partition coefficient (Wildman–Crippen LogP) is 3.27. The minimum absolute atomic E-state index is 0.142. The van der Waals surface area contributed by atoms with E-state index in [1.54, 1.807) is 6.20 Å². The number of carbonyl (C=O) groups excluding carboxylic acids is 1. The molecule has 1 amide bonds. The van der Waals surface area contributed by atoms with Crippen LogP contribution in [0, 0.1) is 0 Å². The van der Waals surface area contributed by atoms with Crippen LogP contribution in [0.15, 0.2) is 6.20 Å². The fourth-order valence-electron chi connectivity index (χ4n) is 2.54. The van der Waals surface area contributed by atoms with E-state index < -0.39 is 11.7 Å². The summed E-state index contributed by atoms with van der Waals surface area (Å²) < 4.78 is 5.26. The Morgan fingerprint density at radius 1 is 1.48 bits per heavy atom. The van der Waals surface area contributed by atoms with E-state index in [2.05, 4.69) is 20.2 Å². The lowest BCUT2D eigenvalue weighted by molar-refractivity contribution is 0.0512. The Hall–Kier alpha value is -1.11. The Kier molecular flexibility index (Phi) is 6.06. The van der Waals surface area contributed by atoms with Gasteiger partial charge in [0.15, 0.2) is 0 Å². The monoisotopic (exact) mass is 360 g/mol. The topological polar surface area (TPSA) is 67.3 Å². The third-order valence-corrected chi connectivity index (χ3v) is 4.05. The van der Waals surface area contributed by atoms with Crippen LogP contribution in [0.4, 0.5) is 4.79 Å². The molecule has 1 aromatic rings. The van der Waals surface area contributed by atoms with E-state index in [-0.39, 0.29) is 11.3 Å². The second kappa shape index (κ2) is 7.64. The Bertz CT molecular complexity index is 563. The van der Waals surface area contributed by atoms with Crippen LogP contribution in [0.25, 0.3) is 0 Å². The van der Waals surface area contributed by atoms with Gasteiger partial charge in [-0.3, -0.25) is 4.90 Å². The molecule has 2 rings (SSSR count). The molecule has 1 aliphatic rings. The highest BCUT2D eigenvalue weighted by molar-refractivity contribution is 6.32. The number of nitrogens with zero attached hydrogens (tertiary/aromatic N) is 3. The molecule has 2 heterocycles. The molecule has 1 aromatic heterocycles. The summed E-state index contributed by atoms with van der Waals surface area (Å²) in [5, 5.41) is 3.35. The van der Waals surface area contributed by atoms with Gasteiger partial charge in [-0.25, -0.2) is 14.8 Å². The highest BCUT2D eigenvalue weighted by Gasteiger charge is 2.26. The first-order valence-electron chi connectivity index (χ1n) is 7.62. The van der Waals surface area contributed by atoms with Gasteiger partial charge in [-0.1, -0.05) is 11.6 Å². The van der Waals surface area contributed by atoms with Gasteiger partial charge in [-0.05, 0) is 51.8 Å². The Balaban J connectivity index is 1.89. The van der Waals surface area contributed by atoms with Gasteiger partial charge in [0, 0.05) is 30.9 Å². The van der Waals surface area contributed by atoms with Gasteiger partial charge in [-0.15, -0.1) is 0 Å². The minimum Gasteiger partial charge on any atom is -0.444 e. The molecule has 0 saturated carbocycles. The Morgan fingerprint density at radius 2 is 2.22 bits per heavy atom. The highest BCUT2D eigenvalue weighted by atomic mass is 35.5. The van der Waals surface area contributed by atoms with E-state index in [0.29, 0.717) is 18.2 Å². The molecular weight excluding hydrogens is 339 g/mol. The third-order valence-electron chi connectivity index (χ3n) is 3.54. The number of hydrogen-bond donors (Lipinski definition) is 1. The van der Waals surface area contributed by atoms with Crippen molar-refractivity contribution in [3.63, 3.8) is 0 Å². The van der Waals surface area contributed by atoms with Crippen molar-refractivity contribution in [3.8, 4) is 0 Å². The molecule has 0 radical (unpaired) electrons. The number of nitrogens with one attached hydrogen (secondary N) is 1. The molecule has 0 bridgehead atoms. The summed E-state index contributed by atoms with van der Waals surface area (Å²) in [6.07, 6.45) is 3.35. The minimum atomic E-state index is -0.492. The molecule has 0 aliphatic carbocycles. The molecule has 8 heteroatoms. The molecule has 1 saturated heterocycles.